The summed E-state index contributed by atoms with van der Waals surface area (Å²) in [6, 6.07) is 8.60. The van der Waals surface area contributed by atoms with E-state index in [2.05, 4.69) is 15.6 Å². The van der Waals surface area contributed by atoms with Crippen LogP contribution in [-0.2, 0) is 11.3 Å². The molecular weight excluding hydrogens is 406 g/mol. The van der Waals surface area contributed by atoms with E-state index in [4.69, 9.17) is 13.9 Å². The average Bonchev–Trinajstić information content (AvgIpc) is 3.37. The molecule has 0 radical (unpaired) electrons. The summed E-state index contributed by atoms with van der Waals surface area (Å²) < 4.78 is 16.8. The average molecular weight is 429 g/mol. The van der Waals surface area contributed by atoms with Crippen molar-refractivity contribution in [3.63, 3.8) is 0 Å². The van der Waals surface area contributed by atoms with E-state index in [1.54, 1.807) is 35.7 Å². The molecule has 0 aliphatic rings. The van der Waals surface area contributed by atoms with Gasteiger partial charge in [0.15, 0.2) is 22.4 Å². The third kappa shape index (κ3) is 5.38. The molecule has 9 heteroatoms. The zero-order valence-electron chi connectivity index (χ0n) is 17.0. The SMILES string of the molecule is CCOc1ccc(C(=O)Nc2nc(-c3ccc(CNC(C)=O)o3)cs2)cc1OCC. The van der Waals surface area contributed by atoms with Crippen LogP contribution in [0.2, 0.25) is 0 Å². The van der Waals surface area contributed by atoms with Gasteiger partial charge in [0.05, 0.1) is 19.8 Å². The number of carbonyl (C=O) groups is 2. The van der Waals surface area contributed by atoms with Crippen LogP contribution in [0.15, 0.2) is 40.1 Å². The number of amides is 2. The van der Waals surface area contributed by atoms with E-state index in [0.29, 0.717) is 59.2 Å². The highest BCUT2D eigenvalue weighted by Gasteiger charge is 2.15. The van der Waals surface area contributed by atoms with Crippen LogP contribution in [-0.4, -0.2) is 30.0 Å². The number of aromatic nitrogens is 1. The van der Waals surface area contributed by atoms with E-state index in [0.717, 1.165) is 0 Å². The van der Waals surface area contributed by atoms with Gasteiger partial charge in [-0.3, -0.25) is 14.9 Å². The molecule has 0 atom stereocenters. The van der Waals surface area contributed by atoms with E-state index in [1.165, 1.54) is 18.3 Å². The lowest BCUT2D eigenvalue weighted by molar-refractivity contribution is -0.119. The minimum Gasteiger partial charge on any atom is -0.490 e. The molecule has 0 saturated heterocycles. The second kappa shape index (κ2) is 9.93. The Labute approximate surface area is 178 Å². The number of hydrogen-bond donors (Lipinski definition) is 2. The van der Waals surface area contributed by atoms with E-state index in [9.17, 15) is 9.59 Å². The molecule has 3 rings (SSSR count). The summed E-state index contributed by atoms with van der Waals surface area (Å²) in [5, 5.41) is 7.70. The van der Waals surface area contributed by atoms with Crippen molar-refractivity contribution in [3.8, 4) is 23.0 Å². The first-order valence-electron chi connectivity index (χ1n) is 9.50. The quantitative estimate of drug-likeness (QED) is 0.531. The molecule has 0 unspecified atom stereocenters. The fourth-order valence-corrected chi connectivity index (χ4v) is 3.32. The minimum atomic E-state index is -0.300. The predicted octanol–water partition coefficient (Wildman–Crippen LogP) is 4.09. The Morgan fingerprint density at radius 2 is 1.87 bits per heavy atom. The first-order valence-corrected chi connectivity index (χ1v) is 10.4. The monoisotopic (exact) mass is 429 g/mol. The van der Waals surface area contributed by atoms with Crippen molar-refractivity contribution in [2.24, 2.45) is 0 Å². The normalized spacial score (nSPS) is 10.5. The van der Waals surface area contributed by atoms with Gasteiger partial charge in [-0.25, -0.2) is 4.98 Å². The van der Waals surface area contributed by atoms with E-state index in [1.807, 2.05) is 13.8 Å². The summed E-state index contributed by atoms with van der Waals surface area (Å²) in [4.78, 5) is 28.1. The largest absolute Gasteiger partial charge is 0.490 e. The molecule has 3 aromatic rings. The van der Waals surface area contributed by atoms with Crippen LogP contribution in [0.1, 0.15) is 36.9 Å². The van der Waals surface area contributed by atoms with Crippen molar-refractivity contribution in [1.82, 2.24) is 10.3 Å². The number of furan rings is 1. The summed E-state index contributed by atoms with van der Waals surface area (Å²) in [6.07, 6.45) is 0. The second-order valence-electron chi connectivity index (χ2n) is 6.20. The van der Waals surface area contributed by atoms with Gasteiger partial charge in [-0.05, 0) is 44.2 Å². The number of nitrogens with one attached hydrogen (secondary N) is 2. The lowest BCUT2D eigenvalue weighted by atomic mass is 10.2. The fourth-order valence-electron chi connectivity index (χ4n) is 2.63. The van der Waals surface area contributed by atoms with E-state index < -0.39 is 0 Å². The Balaban J connectivity index is 1.69. The van der Waals surface area contributed by atoms with Gasteiger partial charge in [0.25, 0.3) is 5.91 Å². The Morgan fingerprint density at radius 3 is 2.60 bits per heavy atom. The summed E-state index contributed by atoms with van der Waals surface area (Å²) >= 11 is 1.29. The van der Waals surface area contributed by atoms with Crippen LogP contribution in [0.5, 0.6) is 11.5 Å². The van der Waals surface area contributed by atoms with Crippen LogP contribution in [0.4, 0.5) is 5.13 Å². The van der Waals surface area contributed by atoms with Crippen molar-refractivity contribution in [2.45, 2.75) is 27.3 Å². The molecule has 1 aromatic carbocycles. The summed E-state index contributed by atoms with van der Waals surface area (Å²) in [7, 11) is 0. The lowest BCUT2D eigenvalue weighted by Crippen LogP contribution is -2.18. The molecule has 8 nitrogen and oxygen atoms in total. The molecule has 2 N–H and O–H groups in total. The smallest absolute Gasteiger partial charge is 0.257 e. The molecule has 2 aromatic heterocycles. The molecule has 0 fully saturated rings. The first-order chi connectivity index (χ1) is 14.5. The first kappa shape index (κ1) is 21.4. The molecule has 30 heavy (non-hydrogen) atoms. The Hall–Kier alpha value is -3.33. The molecule has 0 aliphatic heterocycles. The van der Waals surface area contributed by atoms with Gasteiger partial charge in [0.1, 0.15) is 11.5 Å². The van der Waals surface area contributed by atoms with E-state index in [-0.39, 0.29) is 11.8 Å². The van der Waals surface area contributed by atoms with Crippen LogP contribution < -0.4 is 20.1 Å². The minimum absolute atomic E-state index is 0.131. The van der Waals surface area contributed by atoms with Gasteiger partial charge in [-0.1, -0.05) is 0 Å². The van der Waals surface area contributed by atoms with Crippen molar-refractivity contribution in [3.05, 3.63) is 47.0 Å². The number of anilines is 1. The van der Waals surface area contributed by atoms with Gasteiger partial charge in [0, 0.05) is 17.9 Å². The topological polar surface area (TPSA) is 103 Å². The Morgan fingerprint density at radius 1 is 1.10 bits per heavy atom. The molecule has 2 amide bonds. The van der Waals surface area contributed by atoms with E-state index >= 15 is 0 Å². The maximum atomic E-state index is 12.6. The highest BCUT2D eigenvalue weighted by atomic mass is 32.1. The molecular formula is C21H23N3O5S. The van der Waals surface area contributed by atoms with Crippen molar-refractivity contribution in [1.29, 1.82) is 0 Å². The third-order valence-electron chi connectivity index (χ3n) is 3.96. The molecule has 2 heterocycles. The zero-order chi connectivity index (χ0) is 21.5. The Kier molecular flexibility index (Phi) is 7.08. The highest BCUT2D eigenvalue weighted by molar-refractivity contribution is 7.14. The van der Waals surface area contributed by atoms with Gasteiger partial charge in [-0.15, -0.1) is 11.3 Å². The summed E-state index contributed by atoms with van der Waals surface area (Å²) in [5.41, 5.74) is 1.04. The molecule has 0 saturated carbocycles. The zero-order valence-corrected chi connectivity index (χ0v) is 17.8. The highest BCUT2D eigenvalue weighted by Crippen LogP contribution is 2.30. The lowest BCUT2D eigenvalue weighted by Gasteiger charge is -2.12. The van der Waals surface area contributed by atoms with Gasteiger partial charge in [-0.2, -0.15) is 0 Å². The second-order valence-corrected chi connectivity index (χ2v) is 7.05. The number of hydrogen-bond acceptors (Lipinski definition) is 7. The fraction of sp³-hybridized carbons (Fsp3) is 0.286. The summed E-state index contributed by atoms with van der Waals surface area (Å²) in [6.45, 7) is 6.48. The maximum Gasteiger partial charge on any atom is 0.257 e. The number of rotatable bonds is 9. The molecule has 0 bridgehead atoms. The standard InChI is InChI=1S/C21H23N3O5S/c1-4-27-18-8-6-14(10-19(18)28-5-2)20(26)24-21-23-16(12-30-21)17-9-7-15(29-17)11-22-13(3)25/h6-10,12H,4-5,11H2,1-3H3,(H,22,25)(H,23,24,26). The summed E-state index contributed by atoms with van der Waals surface area (Å²) in [5.74, 6) is 1.87. The molecule has 0 spiro atoms. The van der Waals surface area contributed by atoms with Crippen LogP contribution in [0, 0.1) is 0 Å². The third-order valence-corrected chi connectivity index (χ3v) is 4.71. The van der Waals surface area contributed by atoms with Gasteiger partial charge < -0.3 is 19.2 Å². The molecule has 158 valence electrons. The van der Waals surface area contributed by atoms with Crippen LogP contribution >= 0.6 is 11.3 Å². The van der Waals surface area contributed by atoms with Gasteiger partial charge in [0.2, 0.25) is 5.91 Å². The van der Waals surface area contributed by atoms with Crippen molar-refractivity contribution in [2.75, 3.05) is 18.5 Å². The number of benzene rings is 1. The number of nitrogens with zero attached hydrogens (tertiary/aromatic N) is 1. The van der Waals surface area contributed by atoms with Crippen LogP contribution in [0.25, 0.3) is 11.5 Å². The van der Waals surface area contributed by atoms with Crippen molar-refractivity contribution < 1.29 is 23.5 Å². The predicted molar refractivity (Wildman–Crippen MR) is 114 cm³/mol. The Bertz CT molecular complexity index is 1030. The molecule has 0 aliphatic carbocycles. The number of carbonyl (C=O) groups excluding carboxylic acids is 2. The maximum absolute atomic E-state index is 12.6. The number of ether oxygens (including phenoxy) is 2. The number of thiazole rings is 1. The van der Waals surface area contributed by atoms with Crippen molar-refractivity contribution >= 4 is 28.3 Å². The van der Waals surface area contributed by atoms with Crippen LogP contribution in [0.3, 0.4) is 0 Å². The van der Waals surface area contributed by atoms with Gasteiger partial charge >= 0.3 is 0 Å².